The molecule has 1 unspecified atom stereocenters. The van der Waals surface area contributed by atoms with E-state index in [2.05, 4.69) is 21.2 Å². The fourth-order valence-corrected chi connectivity index (χ4v) is 4.99. The van der Waals surface area contributed by atoms with E-state index in [-0.39, 0.29) is 23.5 Å². The van der Waals surface area contributed by atoms with E-state index in [1.807, 2.05) is 0 Å². The first-order valence-electron chi connectivity index (χ1n) is 5.64. The third kappa shape index (κ3) is 10.4. The van der Waals surface area contributed by atoms with Crippen LogP contribution in [0.3, 0.4) is 0 Å². The Bertz CT molecular complexity index is 493. The quantitative estimate of drug-likeness (QED) is 0.340. The Hall–Kier alpha value is -0.440. The molecule has 0 saturated heterocycles. The van der Waals surface area contributed by atoms with Crippen molar-refractivity contribution in [1.29, 1.82) is 0 Å². The molecule has 3 N–H and O–H groups in total. The molecule has 0 aromatic carbocycles. The molecular weight excluding hydrogens is 377 g/mol. The Kier molecular flexibility index (Phi) is 8.57. The average molecular weight is 394 g/mol. The minimum Gasteiger partial charge on any atom is -0.481 e. The van der Waals surface area contributed by atoms with Gasteiger partial charge in [0, 0.05) is 18.9 Å². The monoisotopic (exact) mass is 393 g/mol. The highest BCUT2D eigenvalue weighted by atomic mass is 79.9. The van der Waals surface area contributed by atoms with Crippen molar-refractivity contribution in [3.63, 3.8) is 0 Å². The van der Waals surface area contributed by atoms with Gasteiger partial charge in [-0.05, 0) is 0 Å². The van der Waals surface area contributed by atoms with E-state index in [9.17, 15) is 27.5 Å². The van der Waals surface area contributed by atoms with Gasteiger partial charge in [0.15, 0.2) is 9.84 Å². The topological polar surface area (TPSA) is 138 Å². The summed E-state index contributed by atoms with van der Waals surface area (Å²) >= 11 is 2.90. The van der Waals surface area contributed by atoms with Crippen LogP contribution < -0.4 is 5.32 Å². The molecule has 0 aliphatic heterocycles. The van der Waals surface area contributed by atoms with E-state index < -0.39 is 47.7 Å². The summed E-state index contributed by atoms with van der Waals surface area (Å²) < 4.78 is 34.7. The predicted octanol–water partition coefficient (Wildman–Crippen LogP) is -0.343. The summed E-state index contributed by atoms with van der Waals surface area (Å²) in [5.74, 6) is -2.40. The highest BCUT2D eigenvalue weighted by Gasteiger charge is 2.23. The largest absolute Gasteiger partial charge is 0.481 e. The SMILES string of the molecule is O=C(O)CCP(=O)(O)CCS(=O)(=O)CCNC(=O)CBr. The zero-order valence-electron chi connectivity index (χ0n) is 10.6. The van der Waals surface area contributed by atoms with Gasteiger partial charge in [-0.1, -0.05) is 15.9 Å². The van der Waals surface area contributed by atoms with E-state index >= 15 is 0 Å². The fourth-order valence-electron chi connectivity index (χ4n) is 1.16. The molecule has 0 heterocycles. The van der Waals surface area contributed by atoms with Crippen LogP contribution >= 0.6 is 23.3 Å². The molecule has 0 saturated carbocycles. The van der Waals surface area contributed by atoms with Crippen molar-refractivity contribution in [2.75, 3.05) is 35.7 Å². The lowest BCUT2D eigenvalue weighted by Crippen LogP contribution is -2.31. The summed E-state index contributed by atoms with van der Waals surface area (Å²) in [4.78, 5) is 30.6. The Morgan fingerprint density at radius 3 is 2.30 bits per heavy atom. The average Bonchev–Trinajstić information content (AvgIpc) is 2.34. The summed E-state index contributed by atoms with van der Waals surface area (Å²) in [6.45, 7) is -0.0718. The summed E-state index contributed by atoms with van der Waals surface area (Å²) in [6, 6.07) is 0. The number of hydrogen-bond acceptors (Lipinski definition) is 5. The van der Waals surface area contributed by atoms with E-state index in [1.165, 1.54) is 0 Å². The fraction of sp³-hybridized carbons (Fsp3) is 0.778. The molecule has 8 nitrogen and oxygen atoms in total. The minimum atomic E-state index is -3.75. The lowest BCUT2D eigenvalue weighted by Gasteiger charge is -2.10. The molecule has 118 valence electrons. The van der Waals surface area contributed by atoms with Gasteiger partial charge in [-0.2, -0.15) is 0 Å². The van der Waals surface area contributed by atoms with Gasteiger partial charge in [0.2, 0.25) is 13.3 Å². The van der Waals surface area contributed by atoms with E-state index in [4.69, 9.17) is 5.11 Å². The van der Waals surface area contributed by atoms with E-state index in [1.54, 1.807) is 0 Å². The molecule has 0 aromatic rings. The number of rotatable bonds is 10. The van der Waals surface area contributed by atoms with Crippen LogP contribution in [0.15, 0.2) is 0 Å². The highest BCUT2D eigenvalue weighted by molar-refractivity contribution is 9.09. The highest BCUT2D eigenvalue weighted by Crippen LogP contribution is 2.40. The maximum atomic E-state index is 11.6. The molecule has 0 aliphatic carbocycles. The number of carboxylic acids is 1. The number of carboxylic acid groups (broad SMARTS) is 1. The van der Waals surface area contributed by atoms with Crippen LogP contribution in [0.4, 0.5) is 0 Å². The molecule has 20 heavy (non-hydrogen) atoms. The lowest BCUT2D eigenvalue weighted by atomic mass is 10.5. The molecule has 0 aliphatic rings. The van der Waals surface area contributed by atoms with Gasteiger partial charge in [-0.3, -0.25) is 14.2 Å². The van der Waals surface area contributed by atoms with Crippen LogP contribution in [0.5, 0.6) is 0 Å². The molecule has 0 radical (unpaired) electrons. The summed E-state index contributed by atoms with van der Waals surface area (Å²) in [5.41, 5.74) is 0. The maximum Gasteiger partial charge on any atom is 0.303 e. The number of nitrogens with one attached hydrogen (secondary N) is 1. The third-order valence-electron chi connectivity index (χ3n) is 2.28. The summed E-state index contributed by atoms with van der Waals surface area (Å²) in [7, 11) is -7.32. The van der Waals surface area contributed by atoms with Crippen molar-refractivity contribution in [3.05, 3.63) is 0 Å². The van der Waals surface area contributed by atoms with Crippen molar-refractivity contribution in [2.45, 2.75) is 6.42 Å². The number of halogens is 1. The van der Waals surface area contributed by atoms with Crippen molar-refractivity contribution >= 4 is 45.0 Å². The zero-order chi connectivity index (χ0) is 15.8. The third-order valence-corrected chi connectivity index (χ3v) is 6.59. The van der Waals surface area contributed by atoms with Gasteiger partial charge in [-0.15, -0.1) is 0 Å². The van der Waals surface area contributed by atoms with Crippen molar-refractivity contribution in [2.24, 2.45) is 0 Å². The van der Waals surface area contributed by atoms with Crippen LogP contribution in [0, 0.1) is 0 Å². The van der Waals surface area contributed by atoms with Crippen LogP contribution in [0.25, 0.3) is 0 Å². The van der Waals surface area contributed by atoms with Gasteiger partial charge >= 0.3 is 5.97 Å². The van der Waals surface area contributed by atoms with Crippen LogP contribution in [-0.2, 0) is 24.0 Å². The minimum absolute atomic E-state index is 0.0636. The van der Waals surface area contributed by atoms with Crippen LogP contribution in [-0.4, -0.2) is 66.0 Å². The van der Waals surface area contributed by atoms with Crippen molar-refractivity contribution < 1.29 is 32.6 Å². The second-order valence-corrected chi connectivity index (χ2v) is 9.52. The maximum absolute atomic E-state index is 11.6. The molecule has 1 atom stereocenters. The van der Waals surface area contributed by atoms with Gasteiger partial charge in [0.1, 0.15) is 0 Å². The van der Waals surface area contributed by atoms with Gasteiger partial charge in [-0.25, -0.2) is 8.42 Å². The smallest absolute Gasteiger partial charge is 0.303 e. The second kappa shape index (κ2) is 8.76. The number of alkyl halides is 1. The Morgan fingerprint density at radius 2 is 1.80 bits per heavy atom. The van der Waals surface area contributed by atoms with Crippen LogP contribution in [0.1, 0.15) is 6.42 Å². The number of hydrogen-bond donors (Lipinski definition) is 3. The van der Waals surface area contributed by atoms with Crippen molar-refractivity contribution in [1.82, 2.24) is 5.32 Å². The molecule has 0 spiro atoms. The molecule has 1 amide bonds. The normalized spacial score (nSPS) is 14.5. The Balaban J connectivity index is 4.17. The first kappa shape index (κ1) is 19.6. The van der Waals surface area contributed by atoms with E-state index in [0.29, 0.717) is 0 Å². The number of aliphatic carboxylic acids is 1. The number of carbonyl (C=O) groups is 2. The van der Waals surface area contributed by atoms with Gasteiger partial charge in [0.05, 0.1) is 23.3 Å². The zero-order valence-corrected chi connectivity index (χ0v) is 13.9. The van der Waals surface area contributed by atoms with Crippen molar-refractivity contribution in [3.8, 4) is 0 Å². The first-order valence-corrected chi connectivity index (χ1v) is 10.6. The predicted molar refractivity (Wildman–Crippen MR) is 77.3 cm³/mol. The number of amides is 1. The van der Waals surface area contributed by atoms with Gasteiger partial charge < -0.3 is 15.3 Å². The Morgan fingerprint density at radius 1 is 1.20 bits per heavy atom. The summed E-state index contributed by atoms with van der Waals surface area (Å²) in [6.07, 6.45) is -1.40. The van der Waals surface area contributed by atoms with Gasteiger partial charge in [0.25, 0.3) is 0 Å². The first-order chi connectivity index (χ1) is 9.08. The molecule has 0 aromatic heterocycles. The standard InChI is InChI=1S/C9H17BrNO7PS/c10-7-8(12)11-2-5-20(17,18)6-4-19(15,16)3-1-9(13)14/h1-7H2,(H,11,12)(H,13,14)(H,15,16). The molecule has 11 heteroatoms. The van der Waals surface area contributed by atoms with Crippen LogP contribution in [0.2, 0.25) is 0 Å². The lowest BCUT2D eigenvalue weighted by molar-refractivity contribution is -0.136. The van der Waals surface area contributed by atoms with E-state index in [0.717, 1.165) is 0 Å². The molecule has 0 fully saturated rings. The second-order valence-electron chi connectivity index (χ2n) is 4.07. The summed E-state index contributed by atoms with van der Waals surface area (Å²) in [5, 5.41) is 10.8. The molecule has 0 rings (SSSR count). The number of carbonyl (C=O) groups excluding carboxylic acids is 1. The molecular formula is C9H17BrNO7PS. The Labute approximate surface area is 125 Å². The molecule has 0 bridgehead atoms. The number of sulfone groups is 1.